The number of nitrogens with one attached hydrogen (secondary N) is 1. The van der Waals surface area contributed by atoms with Crippen molar-refractivity contribution >= 4 is 40.6 Å². The predicted molar refractivity (Wildman–Crippen MR) is 108 cm³/mol. The molecule has 7 heteroatoms. The highest BCUT2D eigenvalue weighted by Gasteiger charge is 2.24. The van der Waals surface area contributed by atoms with E-state index in [1.54, 1.807) is 17.3 Å². The van der Waals surface area contributed by atoms with Crippen LogP contribution in [-0.2, 0) is 0 Å². The number of anilines is 2. The SMILES string of the molecule is CC(C)c1ccc(NC(=O)N2CCN(c3c(Cl)cncc3Cl)CC2)cc1. The molecule has 3 rings (SSSR count). The largest absolute Gasteiger partial charge is 0.365 e. The highest BCUT2D eigenvalue weighted by Crippen LogP contribution is 2.33. The number of piperazine rings is 1. The summed E-state index contributed by atoms with van der Waals surface area (Å²) in [6, 6.07) is 7.89. The summed E-state index contributed by atoms with van der Waals surface area (Å²) in [5.74, 6) is 0.472. The number of benzene rings is 1. The molecule has 1 aromatic heterocycles. The minimum atomic E-state index is -0.0890. The van der Waals surface area contributed by atoms with Crippen molar-refractivity contribution in [3.05, 3.63) is 52.3 Å². The lowest BCUT2D eigenvalue weighted by molar-refractivity contribution is 0.208. The van der Waals surface area contributed by atoms with Gasteiger partial charge in [0, 0.05) is 44.3 Å². The molecule has 1 aliphatic heterocycles. The summed E-state index contributed by atoms with van der Waals surface area (Å²) in [7, 11) is 0. The van der Waals surface area contributed by atoms with Gasteiger partial charge >= 0.3 is 6.03 Å². The summed E-state index contributed by atoms with van der Waals surface area (Å²) in [4.78, 5) is 20.4. The number of amides is 2. The second-order valence-corrected chi connectivity index (χ2v) is 7.45. The van der Waals surface area contributed by atoms with Gasteiger partial charge in [-0.3, -0.25) is 4.98 Å². The van der Waals surface area contributed by atoms with E-state index in [4.69, 9.17) is 23.2 Å². The third-order valence-electron chi connectivity index (χ3n) is 4.54. The zero-order valence-corrected chi connectivity index (χ0v) is 16.4. The van der Waals surface area contributed by atoms with Crippen LogP contribution in [0.5, 0.6) is 0 Å². The number of hydrogen-bond acceptors (Lipinski definition) is 3. The van der Waals surface area contributed by atoms with E-state index in [0.29, 0.717) is 42.1 Å². The van der Waals surface area contributed by atoms with Gasteiger partial charge in [-0.05, 0) is 23.6 Å². The molecule has 26 heavy (non-hydrogen) atoms. The summed E-state index contributed by atoms with van der Waals surface area (Å²) < 4.78 is 0. The van der Waals surface area contributed by atoms with Gasteiger partial charge in [0.1, 0.15) is 0 Å². The summed E-state index contributed by atoms with van der Waals surface area (Å²) >= 11 is 12.4. The minimum absolute atomic E-state index is 0.0890. The Morgan fingerprint density at radius 2 is 1.62 bits per heavy atom. The quantitative estimate of drug-likeness (QED) is 0.810. The van der Waals surface area contributed by atoms with Gasteiger partial charge in [0.2, 0.25) is 0 Å². The van der Waals surface area contributed by atoms with E-state index in [-0.39, 0.29) is 6.03 Å². The molecule has 5 nitrogen and oxygen atoms in total. The van der Waals surface area contributed by atoms with Crippen molar-refractivity contribution in [2.24, 2.45) is 0 Å². The van der Waals surface area contributed by atoms with Crippen LogP contribution in [0.2, 0.25) is 10.0 Å². The molecule has 2 aromatic rings. The molecule has 0 atom stereocenters. The van der Waals surface area contributed by atoms with Crippen molar-refractivity contribution in [1.82, 2.24) is 9.88 Å². The fourth-order valence-corrected chi connectivity index (χ4v) is 3.60. The molecule has 138 valence electrons. The topological polar surface area (TPSA) is 48.5 Å². The number of hydrogen-bond donors (Lipinski definition) is 1. The summed E-state index contributed by atoms with van der Waals surface area (Å²) in [5.41, 5.74) is 2.84. The molecule has 0 radical (unpaired) electrons. The molecule has 1 N–H and O–H groups in total. The fourth-order valence-electron chi connectivity index (χ4n) is 2.99. The van der Waals surface area contributed by atoms with Crippen molar-refractivity contribution in [1.29, 1.82) is 0 Å². The second kappa shape index (κ2) is 8.14. The van der Waals surface area contributed by atoms with Crippen LogP contribution in [0, 0.1) is 0 Å². The molecule has 0 bridgehead atoms. The van der Waals surface area contributed by atoms with Crippen LogP contribution in [-0.4, -0.2) is 42.1 Å². The zero-order chi connectivity index (χ0) is 18.7. The van der Waals surface area contributed by atoms with Gasteiger partial charge in [0.25, 0.3) is 0 Å². The number of halogens is 2. The van der Waals surface area contributed by atoms with Crippen molar-refractivity contribution in [2.45, 2.75) is 19.8 Å². The lowest BCUT2D eigenvalue weighted by atomic mass is 10.0. The monoisotopic (exact) mass is 392 g/mol. The number of carbonyl (C=O) groups excluding carboxylic acids is 1. The van der Waals surface area contributed by atoms with Gasteiger partial charge in [-0.25, -0.2) is 4.79 Å². The Morgan fingerprint density at radius 1 is 1.04 bits per heavy atom. The fraction of sp³-hybridized carbons (Fsp3) is 0.368. The Kier molecular flexibility index (Phi) is 5.89. The lowest BCUT2D eigenvalue weighted by Crippen LogP contribution is -2.50. The van der Waals surface area contributed by atoms with Crippen LogP contribution >= 0.6 is 23.2 Å². The van der Waals surface area contributed by atoms with Crippen molar-refractivity contribution in [3.63, 3.8) is 0 Å². The molecule has 0 aliphatic carbocycles. The van der Waals surface area contributed by atoms with E-state index in [9.17, 15) is 4.79 Å². The van der Waals surface area contributed by atoms with Crippen LogP contribution in [0.15, 0.2) is 36.7 Å². The van der Waals surface area contributed by atoms with E-state index in [0.717, 1.165) is 11.4 Å². The number of rotatable bonds is 3. The molecule has 2 heterocycles. The molecule has 0 unspecified atom stereocenters. The minimum Gasteiger partial charge on any atom is -0.365 e. The van der Waals surface area contributed by atoms with E-state index in [2.05, 4.69) is 29.0 Å². The van der Waals surface area contributed by atoms with E-state index in [1.165, 1.54) is 5.56 Å². The maximum Gasteiger partial charge on any atom is 0.321 e. The van der Waals surface area contributed by atoms with E-state index >= 15 is 0 Å². The van der Waals surface area contributed by atoms with Crippen LogP contribution in [0.4, 0.5) is 16.2 Å². The van der Waals surface area contributed by atoms with Gasteiger partial charge in [-0.1, -0.05) is 49.2 Å². The van der Waals surface area contributed by atoms with Gasteiger partial charge < -0.3 is 15.1 Å². The van der Waals surface area contributed by atoms with Gasteiger partial charge in [0.05, 0.1) is 15.7 Å². The smallest absolute Gasteiger partial charge is 0.321 e. The van der Waals surface area contributed by atoms with Crippen LogP contribution in [0.1, 0.15) is 25.3 Å². The molecule has 1 aromatic carbocycles. The Labute approximate surface area is 163 Å². The molecule has 0 spiro atoms. The maximum absolute atomic E-state index is 12.5. The third kappa shape index (κ3) is 4.22. The summed E-state index contributed by atoms with van der Waals surface area (Å²) in [5, 5.41) is 4.02. The maximum atomic E-state index is 12.5. The number of carbonyl (C=O) groups is 1. The molecule has 1 fully saturated rings. The molecule has 2 amide bonds. The molecule has 1 aliphatic rings. The molecule has 1 saturated heterocycles. The summed E-state index contributed by atoms with van der Waals surface area (Å²) in [6.45, 7) is 6.84. The third-order valence-corrected chi connectivity index (χ3v) is 5.09. The second-order valence-electron chi connectivity index (χ2n) is 6.63. The number of nitrogens with zero attached hydrogens (tertiary/aromatic N) is 3. The first kappa shape index (κ1) is 18.8. The first-order chi connectivity index (χ1) is 12.5. The Balaban J connectivity index is 1.58. The average molecular weight is 393 g/mol. The lowest BCUT2D eigenvalue weighted by Gasteiger charge is -2.36. The molecular formula is C19H22Cl2N4O. The van der Waals surface area contributed by atoms with Crippen LogP contribution in [0.25, 0.3) is 0 Å². The first-order valence-electron chi connectivity index (χ1n) is 8.65. The van der Waals surface area contributed by atoms with Gasteiger partial charge in [-0.15, -0.1) is 0 Å². The first-order valence-corrected chi connectivity index (χ1v) is 9.41. The Bertz CT molecular complexity index is 751. The number of aromatic nitrogens is 1. The highest BCUT2D eigenvalue weighted by molar-refractivity contribution is 6.38. The van der Waals surface area contributed by atoms with Crippen molar-refractivity contribution in [3.8, 4) is 0 Å². The standard InChI is InChI=1S/C19H22Cl2N4O/c1-13(2)14-3-5-15(6-4-14)23-19(26)25-9-7-24(8-10-25)18-16(20)11-22-12-17(18)21/h3-6,11-13H,7-10H2,1-2H3,(H,23,26). The number of urea groups is 1. The van der Waals surface area contributed by atoms with Gasteiger partial charge in [0.15, 0.2) is 0 Å². The van der Waals surface area contributed by atoms with Crippen LogP contribution in [0.3, 0.4) is 0 Å². The average Bonchev–Trinajstić information content (AvgIpc) is 2.62. The predicted octanol–water partition coefficient (Wildman–Crippen LogP) is 4.87. The van der Waals surface area contributed by atoms with Gasteiger partial charge in [-0.2, -0.15) is 0 Å². The zero-order valence-electron chi connectivity index (χ0n) is 14.9. The molecule has 0 saturated carbocycles. The summed E-state index contributed by atoms with van der Waals surface area (Å²) in [6.07, 6.45) is 3.17. The molecular weight excluding hydrogens is 371 g/mol. The van der Waals surface area contributed by atoms with E-state index < -0.39 is 0 Å². The van der Waals surface area contributed by atoms with Crippen molar-refractivity contribution in [2.75, 3.05) is 36.4 Å². The Morgan fingerprint density at radius 3 is 2.15 bits per heavy atom. The van der Waals surface area contributed by atoms with Crippen molar-refractivity contribution < 1.29 is 4.79 Å². The highest BCUT2D eigenvalue weighted by atomic mass is 35.5. The van der Waals surface area contributed by atoms with Crippen LogP contribution < -0.4 is 10.2 Å². The number of pyridine rings is 1. The van der Waals surface area contributed by atoms with E-state index in [1.807, 2.05) is 24.3 Å². The normalized spacial score (nSPS) is 14.7. The Hall–Kier alpha value is -1.98.